The van der Waals surface area contributed by atoms with Gasteiger partial charge >= 0.3 is 18.9 Å². The van der Waals surface area contributed by atoms with Gasteiger partial charge in [0.15, 0.2) is 0 Å². The van der Waals surface area contributed by atoms with Crippen molar-refractivity contribution in [1.29, 1.82) is 0 Å². The molecule has 0 amide bonds. The largest absolute Gasteiger partial charge is 1.00 e. The standard InChI is InChI=1S/C9H10.Li.H/c1-8(2)9-6-4-3-5-7-9;;/h3-7H,1H2,2H3;;/q;+1;-1. The zero-order valence-electron chi connectivity index (χ0n) is 7.59. The molecule has 48 valence electrons. The average Bonchev–Trinajstić information content (AvgIpc) is 1.90. The molecule has 1 rings (SSSR count). The minimum atomic E-state index is 0. The number of hydrogen-bond acceptors (Lipinski definition) is 0. The molecular formula is C9H11Li. The molecule has 0 saturated carbocycles. The fraction of sp³-hybridized carbons (Fsp3) is 0.111. The monoisotopic (exact) mass is 126 g/mol. The van der Waals surface area contributed by atoms with Crippen LogP contribution in [-0.2, 0) is 0 Å². The van der Waals surface area contributed by atoms with Crippen molar-refractivity contribution < 1.29 is 20.3 Å². The molecule has 0 bridgehead atoms. The van der Waals surface area contributed by atoms with Crippen LogP contribution < -0.4 is 18.9 Å². The maximum Gasteiger partial charge on any atom is 1.00 e. The van der Waals surface area contributed by atoms with Gasteiger partial charge in [0, 0.05) is 0 Å². The van der Waals surface area contributed by atoms with Gasteiger partial charge in [0.25, 0.3) is 0 Å². The zero-order chi connectivity index (χ0) is 6.69. The number of rotatable bonds is 1. The summed E-state index contributed by atoms with van der Waals surface area (Å²) in [7, 11) is 0. The van der Waals surface area contributed by atoms with E-state index in [0.717, 1.165) is 5.57 Å². The van der Waals surface area contributed by atoms with E-state index in [9.17, 15) is 0 Å². The van der Waals surface area contributed by atoms with Crippen molar-refractivity contribution in [2.75, 3.05) is 0 Å². The molecule has 1 aromatic carbocycles. The molecule has 0 aliphatic rings. The summed E-state index contributed by atoms with van der Waals surface area (Å²) >= 11 is 0. The van der Waals surface area contributed by atoms with Crippen molar-refractivity contribution >= 4 is 5.57 Å². The molecule has 0 atom stereocenters. The molecule has 0 nitrogen and oxygen atoms in total. The van der Waals surface area contributed by atoms with Crippen LogP contribution in [-0.4, -0.2) is 0 Å². The van der Waals surface area contributed by atoms with E-state index in [1.54, 1.807) is 0 Å². The minimum Gasteiger partial charge on any atom is -1.00 e. The predicted molar refractivity (Wildman–Crippen MR) is 42.3 cm³/mol. The summed E-state index contributed by atoms with van der Waals surface area (Å²) in [5, 5.41) is 0. The molecule has 0 fully saturated rings. The first-order valence-electron chi connectivity index (χ1n) is 3.01. The first-order valence-corrected chi connectivity index (χ1v) is 3.01. The van der Waals surface area contributed by atoms with Crippen LogP contribution in [0.15, 0.2) is 36.9 Å². The van der Waals surface area contributed by atoms with E-state index in [-0.39, 0.29) is 20.3 Å². The third kappa shape index (κ3) is 2.43. The van der Waals surface area contributed by atoms with Gasteiger partial charge in [-0.3, -0.25) is 0 Å². The second-order valence-corrected chi connectivity index (χ2v) is 2.15. The zero-order valence-corrected chi connectivity index (χ0v) is 6.59. The summed E-state index contributed by atoms with van der Waals surface area (Å²) in [6, 6.07) is 10.2. The number of allylic oxidation sites excluding steroid dienone is 1. The van der Waals surface area contributed by atoms with Crippen LogP contribution in [0.4, 0.5) is 0 Å². The molecule has 0 N–H and O–H groups in total. The van der Waals surface area contributed by atoms with Crippen molar-refractivity contribution in [1.82, 2.24) is 0 Å². The molecule has 0 unspecified atom stereocenters. The topological polar surface area (TPSA) is 0 Å². The molecule has 10 heavy (non-hydrogen) atoms. The van der Waals surface area contributed by atoms with E-state index < -0.39 is 0 Å². The smallest absolute Gasteiger partial charge is 1.00 e. The summed E-state index contributed by atoms with van der Waals surface area (Å²) in [5.74, 6) is 0. The second kappa shape index (κ2) is 4.39. The van der Waals surface area contributed by atoms with E-state index >= 15 is 0 Å². The van der Waals surface area contributed by atoms with Gasteiger partial charge in [0.2, 0.25) is 0 Å². The van der Waals surface area contributed by atoms with E-state index in [1.807, 2.05) is 25.1 Å². The van der Waals surface area contributed by atoms with Crippen LogP contribution in [0.3, 0.4) is 0 Å². The Morgan fingerprint density at radius 2 is 1.80 bits per heavy atom. The molecule has 0 spiro atoms. The Balaban J connectivity index is 0. The van der Waals surface area contributed by atoms with E-state index in [2.05, 4.69) is 18.7 Å². The summed E-state index contributed by atoms with van der Waals surface area (Å²) in [6.45, 7) is 5.83. The molecule has 0 aliphatic carbocycles. The van der Waals surface area contributed by atoms with Gasteiger partial charge < -0.3 is 1.43 Å². The normalized spacial score (nSPS) is 8.10. The van der Waals surface area contributed by atoms with Gasteiger partial charge in [-0.15, -0.1) is 0 Å². The minimum absolute atomic E-state index is 0. The predicted octanol–water partition coefficient (Wildman–Crippen LogP) is -0.164. The first-order chi connectivity index (χ1) is 4.30. The SMILES string of the molecule is C=C(C)c1ccccc1.[H-].[Li+]. The second-order valence-electron chi connectivity index (χ2n) is 2.15. The molecule has 0 saturated heterocycles. The van der Waals surface area contributed by atoms with Crippen LogP contribution in [0.25, 0.3) is 5.57 Å². The molecule has 0 radical (unpaired) electrons. The number of hydrogen-bond donors (Lipinski definition) is 0. The van der Waals surface area contributed by atoms with Gasteiger partial charge in [-0.25, -0.2) is 0 Å². The molecule has 1 aromatic rings. The van der Waals surface area contributed by atoms with Gasteiger partial charge in [-0.1, -0.05) is 42.5 Å². The Kier molecular flexibility index (Phi) is 4.19. The Bertz CT molecular complexity index is 206. The average molecular weight is 126 g/mol. The van der Waals surface area contributed by atoms with Gasteiger partial charge in [-0.05, 0) is 12.5 Å². The summed E-state index contributed by atoms with van der Waals surface area (Å²) in [4.78, 5) is 0. The maximum atomic E-state index is 3.83. The van der Waals surface area contributed by atoms with Crippen molar-refractivity contribution in [2.24, 2.45) is 0 Å². The van der Waals surface area contributed by atoms with Crippen molar-refractivity contribution in [3.8, 4) is 0 Å². The van der Waals surface area contributed by atoms with Crippen LogP contribution in [0.1, 0.15) is 13.9 Å². The number of benzene rings is 1. The first kappa shape index (κ1) is 9.56. The fourth-order valence-corrected chi connectivity index (χ4v) is 0.723. The van der Waals surface area contributed by atoms with Crippen molar-refractivity contribution in [3.05, 3.63) is 42.5 Å². The molecular weight excluding hydrogens is 115 g/mol. The van der Waals surface area contributed by atoms with Gasteiger partial charge in [-0.2, -0.15) is 0 Å². The van der Waals surface area contributed by atoms with Crippen LogP contribution in [0, 0.1) is 0 Å². The molecule has 0 heterocycles. The van der Waals surface area contributed by atoms with E-state index in [0.29, 0.717) is 0 Å². The Labute approximate surface area is 75.6 Å². The Morgan fingerprint density at radius 1 is 1.30 bits per heavy atom. The fourth-order valence-electron chi connectivity index (χ4n) is 0.723. The molecule has 1 heteroatoms. The quantitative estimate of drug-likeness (QED) is 0.458. The third-order valence-corrected chi connectivity index (χ3v) is 1.27. The summed E-state index contributed by atoms with van der Waals surface area (Å²) < 4.78 is 0. The van der Waals surface area contributed by atoms with Crippen LogP contribution in [0.2, 0.25) is 0 Å². The third-order valence-electron chi connectivity index (χ3n) is 1.27. The van der Waals surface area contributed by atoms with Crippen molar-refractivity contribution in [3.63, 3.8) is 0 Å². The summed E-state index contributed by atoms with van der Waals surface area (Å²) in [5.41, 5.74) is 2.34. The Hall–Kier alpha value is -0.443. The van der Waals surface area contributed by atoms with Gasteiger partial charge in [0.05, 0.1) is 0 Å². The summed E-state index contributed by atoms with van der Waals surface area (Å²) in [6.07, 6.45) is 0. The van der Waals surface area contributed by atoms with E-state index in [1.165, 1.54) is 5.56 Å². The maximum absolute atomic E-state index is 3.83. The molecule has 0 aromatic heterocycles. The van der Waals surface area contributed by atoms with Crippen molar-refractivity contribution in [2.45, 2.75) is 6.92 Å². The molecule has 0 aliphatic heterocycles. The Morgan fingerprint density at radius 3 is 2.10 bits per heavy atom. The van der Waals surface area contributed by atoms with Gasteiger partial charge in [0.1, 0.15) is 0 Å². The van der Waals surface area contributed by atoms with E-state index in [4.69, 9.17) is 0 Å². The van der Waals surface area contributed by atoms with Crippen LogP contribution in [0.5, 0.6) is 0 Å². The van der Waals surface area contributed by atoms with Crippen LogP contribution >= 0.6 is 0 Å².